The van der Waals surface area contributed by atoms with E-state index in [0.29, 0.717) is 19.6 Å². The van der Waals surface area contributed by atoms with Crippen molar-refractivity contribution in [2.45, 2.75) is 13.5 Å². The lowest BCUT2D eigenvalue weighted by molar-refractivity contribution is -0.131. The highest BCUT2D eigenvalue weighted by Gasteiger charge is 2.25. The molecule has 4 rings (SSSR count). The van der Waals surface area contributed by atoms with Crippen molar-refractivity contribution in [3.8, 4) is 11.5 Å². The summed E-state index contributed by atoms with van der Waals surface area (Å²) in [4.78, 5) is 16.3. The van der Waals surface area contributed by atoms with Crippen LogP contribution in [-0.4, -0.2) is 47.4 Å². The van der Waals surface area contributed by atoms with E-state index in [1.165, 1.54) is 0 Å². The lowest BCUT2D eigenvalue weighted by Gasteiger charge is -2.34. The minimum atomic E-state index is 0.0845. The summed E-state index contributed by atoms with van der Waals surface area (Å²) in [5.74, 6) is 2.33. The smallest absolute Gasteiger partial charge is 0.242 e. The molecule has 3 heterocycles. The number of piperazine rings is 1. The first-order valence-electron chi connectivity index (χ1n) is 7.90. The summed E-state index contributed by atoms with van der Waals surface area (Å²) in [6, 6.07) is 9.61. The molecule has 1 fully saturated rings. The molecule has 7 heteroatoms. The van der Waals surface area contributed by atoms with Crippen molar-refractivity contribution < 1.29 is 14.3 Å². The van der Waals surface area contributed by atoms with E-state index in [4.69, 9.17) is 9.47 Å². The van der Waals surface area contributed by atoms with Crippen LogP contribution in [0.25, 0.3) is 0 Å². The fourth-order valence-electron chi connectivity index (χ4n) is 2.89. The highest BCUT2D eigenvalue weighted by atomic mass is 16.7. The molecule has 1 aromatic heterocycles. The first kappa shape index (κ1) is 14.7. The summed E-state index contributed by atoms with van der Waals surface area (Å²) >= 11 is 0. The van der Waals surface area contributed by atoms with Gasteiger partial charge in [0.05, 0.1) is 12.2 Å². The van der Waals surface area contributed by atoms with Gasteiger partial charge in [0.15, 0.2) is 17.3 Å². The number of hydrogen-bond donors (Lipinski definition) is 0. The van der Waals surface area contributed by atoms with Crippen LogP contribution in [0.15, 0.2) is 30.3 Å². The molecule has 0 bridgehead atoms. The molecular weight excluding hydrogens is 308 g/mol. The van der Waals surface area contributed by atoms with Crippen molar-refractivity contribution in [2.75, 3.05) is 31.3 Å². The molecule has 0 saturated carbocycles. The first-order chi connectivity index (χ1) is 11.7. The Labute approximate surface area is 139 Å². The van der Waals surface area contributed by atoms with E-state index in [0.717, 1.165) is 35.1 Å². The van der Waals surface area contributed by atoms with Crippen LogP contribution in [0, 0.1) is 6.92 Å². The maximum absolute atomic E-state index is 12.5. The molecule has 1 saturated heterocycles. The number of carbonyl (C=O) groups excluding carboxylic acids is 1. The Morgan fingerprint density at radius 1 is 1.08 bits per heavy atom. The summed E-state index contributed by atoms with van der Waals surface area (Å²) < 4.78 is 10.7. The van der Waals surface area contributed by atoms with Crippen LogP contribution in [0.1, 0.15) is 11.3 Å². The third kappa shape index (κ3) is 2.84. The van der Waals surface area contributed by atoms with Gasteiger partial charge in [-0.05, 0) is 36.8 Å². The highest BCUT2D eigenvalue weighted by Crippen LogP contribution is 2.32. The third-order valence-corrected chi connectivity index (χ3v) is 4.24. The summed E-state index contributed by atoms with van der Waals surface area (Å²) in [5.41, 5.74) is 1.91. The van der Waals surface area contributed by atoms with Gasteiger partial charge in [0, 0.05) is 19.6 Å². The molecule has 0 N–H and O–H groups in total. The fourth-order valence-corrected chi connectivity index (χ4v) is 2.89. The average molecular weight is 326 g/mol. The van der Waals surface area contributed by atoms with Crippen molar-refractivity contribution in [3.63, 3.8) is 0 Å². The number of fused-ring (bicyclic) bond motifs is 1. The number of hydrogen-bond acceptors (Lipinski definition) is 6. The van der Waals surface area contributed by atoms with Crippen LogP contribution < -0.4 is 14.4 Å². The number of benzene rings is 1. The predicted molar refractivity (Wildman–Crippen MR) is 87.0 cm³/mol. The summed E-state index contributed by atoms with van der Waals surface area (Å²) in [6.07, 6.45) is 0. The Bertz CT molecular complexity index is 763. The number of amides is 1. The molecule has 0 radical (unpaired) electrons. The fraction of sp³-hybridized carbons (Fsp3) is 0.353. The van der Waals surface area contributed by atoms with Gasteiger partial charge in [0.1, 0.15) is 0 Å². The summed E-state index contributed by atoms with van der Waals surface area (Å²) in [5, 5.41) is 8.22. The number of anilines is 1. The van der Waals surface area contributed by atoms with Gasteiger partial charge in [0.25, 0.3) is 0 Å². The summed E-state index contributed by atoms with van der Waals surface area (Å²) in [7, 11) is 0. The van der Waals surface area contributed by atoms with E-state index in [1.54, 1.807) is 0 Å². The van der Waals surface area contributed by atoms with E-state index in [-0.39, 0.29) is 12.7 Å². The van der Waals surface area contributed by atoms with Crippen LogP contribution in [0.3, 0.4) is 0 Å². The van der Waals surface area contributed by atoms with Crippen LogP contribution in [0.4, 0.5) is 5.82 Å². The number of aryl methyl sites for hydroxylation is 1. The second-order valence-electron chi connectivity index (χ2n) is 5.96. The Morgan fingerprint density at radius 3 is 2.75 bits per heavy atom. The molecule has 0 unspecified atom stereocenters. The van der Waals surface area contributed by atoms with Gasteiger partial charge in [-0.3, -0.25) is 4.79 Å². The van der Waals surface area contributed by atoms with Gasteiger partial charge >= 0.3 is 0 Å². The normalized spacial score (nSPS) is 16.6. The van der Waals surface area contributed by atoms with Gasteiger partial charge in [-0.25, -0.2) is 0 Å². The first-order valence-corrected chi connectivity index (χ1v) is 7.90. The number of aromatic nitrogens is 2. The lowest BCUT2D eigenvalue weighted by Crippen LogP contribution is -2.50. The molecule has 0 spiro atoms. The van der Waals surface area contributed by atoms with E-state index in [9.17, 15) is 4.79 Å². The highest BCUT2D eigenvalue weighted by molar-refractivity contribution is 5.82. The van der Waals surface area contributed by atoms with Gasteiger partial charge in [-0.2, -0.15) is 5.10 Å². The van der Waals surface area contributed by atoms with Crippen LogP contribution in [0.5, 0.6) is 11.5 Å². The van der Waals surface area contributed by atoms with Gasteiger partial charge in [-0.1, -0.05) is 6.07 Å². The Balaban J connectivity index is 1.42. The third-order valence-electron chi connectivity index (χ3n) is 4.24. The minimum Gasteiger partial charge on any atom is -0.454 e. The second-order valence-corrected chi connectivity index (χ2v) is 5.96. The lowest BCUT2D eigenvalue weighted by atomic mass is 10.1. The van der Waals surface area contributed by atoms with Crippen molar-refractivity contribution in [2.24, 2.45) is 0 Å². The molecule has 24 heavy (non-hydrogen) atoms. The minimum absolute atomic E-state index is 0.0845. The summed E-state index contributed by atoms with van der Waals surface area (Å²) in [6.45, 7) is 4.45. The van der Waals surface area contributed by atoms with E-state index < -0.39 is 0 Å². The van der Waals surface area contributed by atoms with Crippen LogP contribution in [0.2, 0.25) is 0 Å². The number of rotatable bonds is 3. The zero-order valence-corrected chi connectivity index (χ0v) is 13.4. The monoisotopic (exact) mass is 326 g/mol. The molecule has 2 aromatic rings. The van der Waals surface area contributed by atoms with Crippen molar-refractivity contribution in [3.05, 3.63) is 41.6 Å². The number of carbonyl (C=O) groups is 1. The molecule has 2 aliphatic rings. The molecule has 1 amide bonds. The SMILES string of the molecule is Cc1ccc(N2CCN(Cc3ccc4c(c3)OCO4)C(=O)C2)nn1. The van der Waals surface area contributed by atoms with E-state index in [1.807, 2.05) is 47.1 Å². The van der Waals surface area contributed by atoms with Gasteiger partial charge < -0.3 is 19.3 Å². The number of nitrogens with zero attached hydrogens (tertiary/aromatic N) is 4. The van der Waals surface area contributed by atoms with Crippen molar-refractivity contribution >= 4 is 11.7 Å². The second kappa shape index (κ2) is 5.99. The maximum Gasteiger partial charge on any atom is 0.242 e. The Kier molecular flexibility index (Phi) is 3.68. The molecule has 7 nitrogen and oxygen atoms in total. The standard InChI is InChI=1S/C17H18N4O3/c1-12-2-5-16(19-18-12)20-6-7-21(17(22)10-20)9-13-3-4-14-15(8-13)24-11-23-14/h2-5,8H,6-7,9-11H2,1H3. The number of ether oxygens (including phenoxy) is 2. The maximum atomic E-state index is 12.5. The molecule has 0 atom stereocenters. The molecule has 1 aromatic carbocycles. The topological polar surface area (TPSA) is 67.8 Å². The largest absolute Gasteiger partial charge is 0.454 e. The molecular formula is C17H18N4O3. The van der Waals surface area contributed by atoms with Gasteiger partial charge in [0.2, 0.25) is 12.7 Å². The Hall–Kier alpha value is -2.83. The van der Waals surface area contributed by atoms with Gasteiger partial charge in [-0.15, -0.1) is 5.10 Å². The van der Waals surface area contributed by atoms with E-state index >= 15 is 0 Å². The molecule has 124 valence electrons. The average Bonchev–Trinajstić information content (AvgIpc) is 3.05. The zero-order chi connectivity index (χ0) is 16.5. The molecule has 0 aliphatic carbocycles. The van der Waals surface area contributed by atoms with Crippen molar-refractivity contribution in [1.82, 2.24) is 15.1 Å². The van der Waals surface area contributed by atoms with Crippen LogP contribution in [-0.2, 0) is 11.3 Å². The zero-order valence-electron chi connectivity index (χ0n) is 13.4. The predicted octanol–water partition coefficient (Wildman–Crippen LogP) is 1.36. The van der Waals surface area contributed by atoms with E-state index in [2.05, 4.69) is 10.2 Å². The van der Waals surface area contributed by atoms with Crippen LogP contribution >= 0.6 is 0 Å². The van der Waals surface area contributed by atoms with Crippen molar-refractivity contribution in [1.29, 1.82) is 0 Å². The quantitative estimate of drug-likeness (QED) is 0.848. The molecule has 2 aliphatic heterocycles. The Morgan fingerprint density at radius 2 is 1.96 bits per heavy atom.